The zero-order chi connectivity index (χ0) is 23.9. The third-order valence-corrected chi connectivity index (χ3v) is 6.00. The van der Waals surface area contributed by atoms with E-state index < -0.39 is 0 Å². The first kappa shape index (κ1) is 23.6. The highest BCUT2D eigenvalue weighted by Gasteiger charge is 2.13. The highest BCUT2D eigenvalue weighted by Crippen LogP contribution is 2.27. The van der Waals surface area contributed by atoms with Crippen LogP contribution in [0.3, 0.4) is 0 Å². The molecule has 0 atom stereocenters. The van der Waals surface area contributed by atoms with Gasteiger partial charge in [0.1, 0.15) is 18.2 Å². The molecule has 34 heavy (non-hydrogen) atoms. The highest BCUT2D eigenvalue weighted by atomic mass is 16.5. The Kier molecular flexibility index (Phi) is 7.63. The average Bonchev–Trinajstić information content (AvgIpc) is 3.19. The molecule has 5 heteroatoms. The molecule has 0 spiro atoms. The summed E-state index contributed by atoms with van der Waals surface area (Å²) in [6, 6.07) is 24.0. The summed E-state index contributed by atoms with van der Waals surface area (Å²) in [5.41, 5.74) is 5.22. The minimum absolute atomic E-state index is 0.0402. The number of nitrogens with zero attached hydrogens (tertiary/aromatic N) is 2. The van der Waals surface area contributed by atoms with Gasteiger partial charge in [-0.15, -0.1) is 0 Å². The van der Waals surface area contributed by atoms with E-state index in [2.05, 4.69) is 54.9 Å². The molecule has 1 heterocycles. The molecule has 4 aromatic rings. The Morgan fingerprint density at radius 1 is 1.03 bits per heavy atom. The maximum absolute atomic E-state index is 12.3. The second kappa shape index (κ2) is 11.0. The zero-order valence-electron chi connectivity index (χ0n) is 20.3. The first-order valence-corrected chi connectivity index (χ1v) is 12.0. The molecule has 1 N–H and O–H groups in total. The molecule has 0 aliphatic carbocycles. The topological polar surface area (TPSA) is 56.1 Å². The van der Waals surface area contributed by atoms with Crippen molar-refractivity contribution in [3.8, 4) is 5.75 Å². The van der Waals surface area contributed by atoms with E-state index in [9.17, 15) is 4.79 Å². The number of nitrogens with one attached hydrogen (secondary N) is 1. The fraction of sp³-hybridized carbons (Fsp3) is 0.310. The summed E-state index contributed by atoms with van der Waals surface area (Å²) in [5, 5.41) is 3.01. The van der Waals surface area contributed by atoms with Crippen molar-refractivity contribution in [2.24, 2.45) is 0 Å². The molecule has 0 aliphatic rings. The van der Waals surface area contributed by atoms with Crippen LogP contribution in [0, 0.1) is 6.92 Å². The minimum atomic E-state index is -0.0402. The van der Waals surface area contributed by atoms with Gasteiger partial charge in [-0.2, -0.15) is 0 Å². The van der Waals surface area contributed by atoms with Crippen molar-refractivity contribution in [1.29, 1.82) is 0 Å². The molecule has 0 saturated heterocycles. The molecule has 1 amide bonds. The number of carbonyl (C=O) groups is 1. The van der Waals surface area contributed by atoms with Crippen molar-refractivity contribution in [2.45, 2.75) is 46.1 Å². The number of fused-ring (bicyclic) bond motifs is 1. The Morgan fingerprint density at radius 3 is 2.59 bits per heavy atom. The number of ether oxygens (including phenoxy) is 1. The van der Waals surface area contributed by atoms with Crippen molar-refractivity contribution in [3.05, 3.63) is 95.3 Å². The highest BCUT2D eigenvalue weighted by molar-refractivity contribution is 5.94. The van der Waals surface area contributed by atoms with Gasteiger partial charge in [0.15, 0.2) is 0 Å². The summed E-state index contributed by atoms with van der Waals surface area (Å²) < 4.78 is 8.51. The number of para-hydroxylation sites is 2. The second-order valence-corrected chi connectivity index (χ2v) is 8.94. The molecule has 1 aromatic heterocycles. The van der Waals surface area contributed by atoms with Gasteiger partial charge < -0.3 is 14.6 Å². The number of aromatic nitrogens is 2. The lowest BCUT2D eigenvalue weighted by Gasteiger charge is -2.16. The summed E-state index contributed by atoms with van der Waals surface area (Å²) in [6.07, 6.45) is 1.60. The maximum Gasteiger partial charge on any atom is 0.251 e. The minimum Gasteiger partial charge on any atom is -0.491 e. The fourth-order valence-electron chi connectivity index (χ4n) is 4.20. The molecular weight excluding hydrogens is 422 g/mol. The van der Waals surface area contributed by atoms with Gasteiger partial charge in [0.05, 0.1) is 17.6 Å². The Morgan fingerprint density at radius 2 is 1.79 bits per heavy atom. The number of rotatable bonds is 10. The van der Waals surface area contributed by atoms with Crippen molar-refractivity contribution < 1.29 is 9.53 Å². The van der Waals surface area contributed by atoms with Crippen LogP contribution >= 0.6 is 0 Å². The van der Waals surface area contributed by atoms with Crippen LogP contribution in [0.1, 0.15) is 53.5 Å². The first-order chi connectivity index (χ1) is 16.5. The predicted molar refractivity (Wildman–Crippen MR) is 138 cm³/mol. The molecule has 0 unspecified atom stereocenters. The second-order valence-electron chi connectivity index (χ2n) is 8.94. The third kappa shape index (κ3) is 5.66. The molecule has 3 aromatic carbocycles. The van der Waals surface area contributed by atoms with E-state index in [-0.39, 0.29) is 5.91 Å². The Labute approximate surface area is 201 Å². The molecule has 0 radical (unpaired) electrons. The lowest BCUT2D eigenvalue weighted by molar-refractivity contribution is 0.0953. The molecule has 4 rings (SSSR count). The monoisotopic (exact) mass is 455 g/mol. The van der Waals surface area contributed by atoms with Crippen LogP contribution in [0.2, 0.25) is 0 Å². The van der Waals surface area contributed by atoms with Gasteiger partial charge in [-0.05, 0) is 60.7 Å². The molecule has 176 valence electrons. The maximum atomic E-state index is 12.3. The summed E-state index contributed by atoms with van der Waals surface area (Å²) in [5.74, 6) is 2.35. The average molecular weight is 456 g/mol. The van der Waals surface area contributed by atoms with Crippen LogP contribution in [0.5, 0.6) is 5.75 Å². The molecule has 0 aliphatic heterocycles. The normalized spacial score (nSPS) is 11.2. The van der Waals surface area contributed by atoms with Gasteiger partial charge in [0, 0.05) is 18.5 Å². The van der Waals surface area contributed by atoms with Gasteiger partial charge >= 0.3 is 0 Å². The molecular formula is C29H33N3O2. The smallest absolute Gasteiger partial charge is 0.251 e. The van der Waals surface area contributed by atoms with Crippen molar-refractivity contribution in [2.75, 3.05) is 13.2 Å². The quantitative estimate of drug-likeness (QED) is 0.303. The van der Waals surface area contributed by atoms with Gasteiger partial charge in [0.2, 0.25) is 0 Å². The largest absolute Gasteiger partial charge is 0.491 e. The van der Waals surface area contributed by atoms with Crippen LogP contribution in [0.25, 0.3) is 11.0 Å². The summed E-state index contributed by atoms with van der Waals surface area (Å²) in [7, 11) is 0. The van der Waals surface area contributed by atoms with Crippen molar-refractivity contribution in [1.82, 2.24) is 14.9 Å². The zero-order valence-corrected chi connectivity index (χ0v) is 20.3. The van der Waals surface area contributed by atoms with Gasteiger partial charge in [0.25, 0.3) is 5.91 Å². The fourth-order valence-corrected chi connectivity index (χ4v) is 4.20. The van der Waals surface area contributed by atoms with Crippen LogP contribution in [0.15, 0.2) is 72.8 Å². The van der Waals surface area contributed by atoms with E-state index in [0.29, 0.717) is 24.6 Å². The Hall–Kier alpha value is -3.60. The lowest BCUT2D eigenvalue weighted by atomic mass is 10.0. The predicted octanol–water partition coefficient (Wildman–Crippen LogP) is 5.91. The number of hydrogen-bond donors (Lipinski definition) is 1. The number of hydrogen-bond acceptors (Lipinski definition) is 3. The Balaban J connectivity index is 1.40. The van der Waals surface area contributed by atoms with Crippen LogP contribution in [0.4, 0.5) is 0 Å². The molecule has 0 bridgehead atoms. The van der Waals surface area contributed by atoms with Crippen molar-refractivity contribution in [3.63, 3.8) is 0 Å². The third-order valence-electron chi connectivity index (χ3n) is 6.00. The van der Waals surface area contributed by atoms with Gasteiger partial charge in [-0.3, -0.25) is 4.79 Å². The van der Waals surface area contributed by atoms with E-state index in [0.717, 1.165) is 42.0 Å². The number of aryl methyl sites for hydroxylation is 2. The standard InChI is InChI=1S/C29H33N3O2/c1-21(2)24-16-15-22(3)20-27(24)34-19-18-32-26-13-8-7-12-25(26)31-28(32)14-9-17-30-29(33)23-10-5-4-6-11-23/h4-8,10-13,15-16,20-21H,9,14,17-19H2,1-3H3,(H,30,33). The lowest BCUT2D eigenvalue weighted by Crippen LogP contribution is -2.25. The SMILES string of the molecule is Cc1ccc(C(C)C)c(OCCn2c(CCCNC(=O)c3ccccc3)nc3ccccc32)c1. The van der Waals surface area contributed by atoms with E-state index in [1.807, 2.05) is 48.5 Å². The summed E-state index contributed by atoms with van der Waals surface area (Å²) >= 11 is 0. The van der Waals surface area contributed by atoms with E-state index in [4.69, 9.17) is 9.72 Å². The number of carbonyl (C=O) groups excluding carboxylic acids is 1. The summed E-state index contributed by atoms with van der Waals surface area (Å²) in [4.78, 5) is 17.2. The number of amides is 1. The van der Waals surface area contributed by atoms with Crippen LogP contribution in [-0.4, -0.2) is 28.6 Å². The van der Waals surface area contributed by atoms with E-state index in [1.54, 1.807) is 0 Å². The van der Waals surface area contributed by atoms with E-state index in [1.165, 1.54) is 11.1 Å². The first-order valence-electron chi connectivity index (χ1n) is 12.0. The molecule has 5 nitrogen and oxygen atoms in total. The van der Waals surface area contributed by atoms with Crippen LogP contribution < -0.4 is 10.1 Å². The number of benzene rings is 3. The van der Waals surface area contributed by atoms with Crippen molar-refractivity contribution >= 4 is 16.9 Å². The van der Waals surface area contributed by atoms with Gasteiger partial charge in [-0.1, -0.05) is 56.3 Å². The van der Waals surface area contributed by atoms with Crippen LogP contribution in [-0.2, 0) is 13.0 Å². The summed E-state index contributed by atoms with van der Waals surface area (Å²) in [6.45, 7) is 8.37. The number of imidazole rings is 1. The van der Waals surface area contributed by atoms with Gasteiger partial charge in [-0.25, -0.2) is 4.98 Å². The van der Waals surface area contributed by atoms with E-state index >= 15 is 0 Å². The Bertz CT molecular complexity index is 1240. The molecule has 0 saturated carbocycles. The molecule has 0 fully saturated rings.